The molecule has 28 heavy (non-hydrogen) atoms. The van der Waals surface area contributed by atoms with E-state index in [1.165, 1.54) is 6.92 Å². The molecule has 2 aromatic carbocycles. The van der Waals surface area contributed by atoms with Crippen LogP contribution in [-0.4, -0.2) is 30.0 Å². The fourth-order valence-electron chi connectivity index (χ4n) is 3.09. The Morgan fingerprint density at radius 3 is 2.25 bits per heavy atom. The molecule has 0 saturated carbocycles. The van der Waals surface area contributed by atoms with Crippen LogP contribution in [0.1, 0.15) is 23.6 Å². The number of H-pyrrole nitrogens is 1. The highest BCUT2D eigenvalue weighted by molar-refractivity contribution is 5.83. The van der Waals surface area contributed by atoms with Gasteiger partial charge in [0.05, 0.1) is 26.3 Å². The molecule has 0 atom stereocenters. The van der Waals surface area contributed by atoms with Crippen LogP contribution in [0, 0.1) is 6.92 Å². The number of carbonyl (C=O) groups excluding carboxylic acids is 1. The number of aryl methyl sites for hydroxylation is 1. The third kappa shape index (κ3) is 4.17. The highest BCUT2D eigenvalue weighted by atomic mass is 16.5. The maximum absolute atomic E-state index is 12.6. The molecular weight excluding hydrogens is 356 g/mol. The number of hydrogen-bond donors (Lipinski definition) is 1. The number of pyridine rings is 1. The van der Waals surface area contributed by atoms with E-state index in [-0.39, 0.29) is 18.0 Å². The normalized spacial score (nSPS) is 10.7. The van der Waals surface area contributed by atoms with Crippen LogP contribution in [0.5, 0.6) is 11.5 Å². The van der Waals surface area contributed by atoms with Gasteiger partial charge in [-0.1, -0.05) is 29.8 Å². The summed E-state index contributed by atoms with van der Waals surface area (Å²) in [5.41, 5.74) is 3.12. The van der Waals surface area contributed by atoms with Gasteiger partial charge in [-0.2, -0.15) is 0 Å². The number of fused-ring (bicyclic) bond motifs is 1. The van der Waals surface area contributed by atoms with Gasteiger partial charge in [0, 0.05) is 30.5 Å². The topological polar surface area (TPSA) is 71.6 Å². The Kier molecular flexibility index (Phi) is 5.68. The molecule has 0 aliphatic rings. The second-order valence-electron chi connectivity index (χ2n) is 6.78. The van der Waals surface area contributed by atoms with E-state index in [4.69, 9.17) is 9.47 Å². The van der Waals surface area contributed by atoms with Crippen molar-refractivity contribution in [2.24, 2.45) is 0 Å². The van der Waals surface area contributed by atoms with Crippen molar-refractivity contribution in [3.8, 4) is 11.5 Å². The third-order valence-corrected chi connectivity index (χ3v) is 4.73. The molecule has 0 unspecified atom stereocenters. The number of benzene rings is 2. The Bertz CT molecular complexity index is 1050. The van der Waals surface area contributed by atoms with Crippen LogP contribution < -0.4 is 15.0 Å². The summed E-state index contributed by atoms with van der Waals surface area (Å²) < 4.78 is 10.6. The fraction of sp³-hybridized carbons (Fsp3) is 0.273. The summed E-state index contributed by atoms with van der Waals surface area (Å²) in [7, 11) is 3.11. The minimum atomic E-state index is -0.227. The van der Waals surface area contributed by atoms with Crippen molar-refractivity contribution in [3.05, 3.63) is 69.5 Å². The van der Waals surface area contributed by atoms with E-state index in [0.29, 0.717) is 29.1 Å². The summed E-state index contributed by atoms with van der Waals surface area (Å²) in [6.07, 6.45) is 0. The maximum atomic E-state index is 12.6. The zero-order valence-corrected chi connectivity index (χ0v) is 16.5. The molecule has 0 spiro atoms. The van der Waals surface area contributed by atoms with Crippen molar-refractivity contribution in [2.45, 2.75) is 26.9 Å². The molecule has 1 amide bonds. The molecule has 0 aliphatic carbocycles. The standard InChI is InChI=1S/C22H24N2O4/c1-14-5-7-16(8-6-14)12-24(15(2)25)13-18-9-17-10-20(27-3)21(28-4)11-19(17)23-22(18)26/h5-11H,12-13H2,1-4H3,(H,23,26). The van der Waals surface area contributed by atoms with E-state index < -0.39 is 0 Å². The summed E-state index contributed by atoms with van der Waals surface area (Å²) in [5.74, 6) is 1.03. The second-order valence-corrected chi connectivity index (χ2v) is 6.78. The summed E-state index contributed by atoms with van der Waals surface area (Å²) >= 11 is 0. The number of nitrogens with zero attached hydrogens (tertiary/aromatic N) is 1. The quantitative estimate of drug-likeness (QED) is 0.711. The van der Waals surface area contributed by atoms with Gasteiger partial charge in [-0.3, -0.25) is 9.59 Å². The molecule has 0 bridgehead atoms. The first-order valence-electron chi connectivity index (χ1n) is 9.00. The Hall–Kier alpha value is -3.28. The molecule has 0 aliphatic heterocycles. The Morgan fingerprint density at radius 1 is 1.00 bits per heavy atom. The van der Waals surface area contributed by atoms with Gasteiger partial charge in [0.2, 0.25) is 5.91 Å². The average molecular weight is 380 g/mol. The average Bonchev–Trinajstić information content (AvgIpc) is 2.68. The number of carbonyl (C=O) groups is 1. The highest BCUT2D eigenvalue weighted by Crippen LogP contribution is 2.31. The molecule has 0 saturated heterocycles. The van der Waals surface area contributed by atoms with E-state index in [9.17, 15) is 9.59 Å². The largest absolute Gasteiger partial charge is 0.493 e. The molecule has 1 heterocycles. The molecule has 3 rings (SSSR count). The lowest BCUT2D eigenvalue weighted by molar-refractivity contribution is -0.130. The SMILES string of the molecule is COc1cc2cc(CN(Cc3ccc(C)cc3)C(C)=O)c(=O)[nH]c2cc1OC. The highest BCUT2D eigenvalue weighted by Gasteiger charge is 2.15. The zero-order chi connectivity index (χ0) is 20.3. The smallest absolute Gasteiger partial charge is 0.253 e. The Labute approximate surface area is 163 Å². The lowest BCUT2D eigenvalue weighted by atomic mass is 10.1. The van der Waals surface area contributed by atoms with Crippen molar-refractivity contribution >= 4 is 16.8 Å². The molecule has 1 aromatic heterocycles. The van der Waals surface area contributed by atoms with Crippen LogP contribution in [0.25, 0.3) is 10.9 Å². The van der Waals surface area contributed by atoms with E-state index >= 15 is 0 Å². The van der Waals surface area contributed by atoms with Crippen molar-refractivity contribution in [2.75, 3.05) is 14.2 Å². The number of amides is 1. The molecule has 6 nitrogen and oxygen atoms in total. The molecule has 0 fully saturated rings. The molecule has 3 aromatic rings. The molecule has 6 heteroatoms. The summed E-state index contributed by atoms with van der Waals surface area (Å²) in [5, 5.41) is 0.811. The first kappa shape index (κ1) is 19.5. The van der Waals surface area contributed by atoms with Crippen molar-refractivity contribution < 1.29 is 14.3 Å². The van der Waals surface area contributed by atoms with Crippen LogP contribution in [0.4, 0.5) is 0 Å². The minimum Gasteiger partial charge on any atom is -0.493 e. The van der Waals surface area contributed by atoms with Crippen LogP contribution in [0.2, 0.25) is 0 Å². The van der Waals surface area contributed by atoms with Gasteiger partial charge < -0.3 is 19.4 Å². The summed E-state index contributed by atoms with van der Waals surface area (Å²) in [6, 6.07) is 13.3. The summed E-state index contributed by atoms with van der Waals surface area (Å²) in [4.78, 5) is 29.3. The van der Waals surface area contributed by atoms with Crippen LogP contribution in [0.3, 0.4) is 0 Å². The number of nitrogens with one attached hydrogen (secondary N) is 1. The minimum absolute atomic E-state index is 0.0904. The Morgan fingerprint density at radius 2 is 1.64 bits per heavy atom. The van der Waals surface area contributed by atoms with Gasteiger partial charge in [-0.25, -0.2) is 0 Å². The number of hydrogen-bond acceptors (Lipinski definition) is 4. The van der Waals surface area contributed by atoms with E-state index in [1.807, 2.05) is 37.3 Å². The molecule has 1 N–H and O–H groups in total. The van der Waals surface area contributed by atoms with Gasteiger partial charge in [0.25, 0.3) is 5.56 Å². The van der Waals surface area contributed by atoms with Gasteiger partial charge in [-0.15, -0.1) is 0 Å². The lowest BCUT2D eigenvalue weighted by Crippen LogP contribution is -2.30. The van der Waals surface area contributed by atoms with Crippen molar-refractivity contribution in [3.63, 3.8) is 0 Å². The number of ether oxygens (including phenoxy) is 2. The van der Waals surface area contributed by atoms with Crippen molar-refractivity contribution in [1.82, 2.24) is 9.88 Å². The zero-order valence-electron chi connectivity index (χ0n) is 16.5. The van der Waals surface area contributed by atoms with Gasteiger partial charge in [0.15, 0.2) is 11.5 Å². The van der Waals surface area contributed by atoms with E-state index in [0.717, 1.165) is 16.5 Å². The molecular formula is C22H24N2O4. The number of methoxy groups -OCH3 is 2. The molecule has 146 valence electrons. The predicted octanol–water partition coefficient (Wildman–Crippen LogP) is 3.40. The van der Waals surface area contributed by atoms with Gasteiger partial charge >= 0.3 is 0 Å². The fourth-order valence-corrected chi connectivity index (χ4v) is 3.09. The van der Waals surface area contributed by atoms with Gasteiger partial charge in [-0.05, 0) is 24.6 Å². The Balaban J connectivity index is 1.94. The van der Waals surface area contributed by atoms with Crippen molar-refractivity contribution in [1.29, 1.82) is 0 Å². The van der Waals surface area contributed by atoms with Crippen LogP contribution in [0.15, 0.2) is 47.3 Å². The molecule has 0 radical (unpaired) electrons. The maximum Gasteiger partial charge on any atom is 0.253 e. The first-order valence-corrected chi connectivity index (χ1v) is 9.00. The second kappa shape index (κ2) is 8.17. The lowest BCUT2D eigenvalue weighted by Gasteiger charge is -2.21. The van der Waals surface area contributed by atoms with Crippen LogP contribution >= 0.6 is 0 Å². The monoisotopic (exact) mass is 380 g/mol. The van der Waals surface area contributed by atoms with E-state index in [1.54, 1.807) is 31.3 Å². The number of rotatable bonds is 6. The summed E-state index contributed by atoms with van der Waals surface area (Å²) in [6.45, 7) is 4.20. The van der Waals surface area contributed by atoms with Gasteiger partial charge in [0.1, 0.15) is 0 Å². The number of aromatic nitrogens is 1. The number of aromatic amines is 1. The van der Waals surface area contributed by atoms with Crippen LogP contribution in [-0.2, 0) is 17.9 Å². The van der Waals surface area contributed by atoms with E-state index in [2.05, 4.69) is 4.98 Å². The predicted molar refractivity (Wildman–Crippen MR) is 109 cm³/mol. The first-order chi connectivity index (χ1) is 13.4. The third-order valence-electron chi connectivity index (χ3n) is 4.73.